The van der Waals surface area contributed by atoms with Crippen LogP contribution in [0, 0.1) is 5.92 Å². The van der Waals surface area contributed by atoms with Gasteiger partial charge in [-0.15, -0.1) is 0 Å². The van der Waals surface area contributed by atoms with Crippen molar-refractivity contribution in [3.05, 3.63) is 0 Å². The summed E-state index contributed by atoms with van der Waals surface area (Å²) in [6, 6.07) is -1.98. The summed E-state index contributed by atoms with van der Waals surface area (Å²) in [5.41, 5.74) is 0. The number of nitrogens with zero attached hydrogens (tertiary/aromatic N) is 1. The molecular weight excluding hydrogens is 274 g/mol. The number of hydrogen-bond acceptors (Lipinski definition) is 3. The van der Waals surface area contributed by atoms with Gasteiger partial charge in [0.15, 0.2) is 0 Å². The van der Waals surface area contributed by atoms with Crippen LogP contribution in [0.3, 0.4) is 0 Å². The minimum atomic E-state index is -0.998. The molecule has 3 amide bonds. The van der Waals surface area contributed by atoms with Gasteiger partial charge in [-0.2, -0.15) is 0 Å². The smallest absolute Gasteiger partial charge is 0.326 e. The Morgan fingerprint density at radius 1 is 1.24 bits per heavy atom. The van der Waals surface area contributed by atoms with Gasteiger partial charge in [0.2, 0.25) is 5.91 Å². The van der Waals surface area contributed by atoms with Crippen molar-refractivity contribution in [2.24, 2.45) is 5.92 Å². The Morgan fingerprint density at radius 3 is 2.48 bits per heavy atom. The van der Waals surface area contributed by atoms with Crippen molar-refractivity contribution in [2.45, 2.75) is 52.1 Å². The van der Waals surface area contributed by atoms with Crippen LogP contribution in [-0.4, -0.2) is 53.1 Å². The molecule has 2 unspecified atom stereocenters. The Morgan fingerprint density at radius 2 is 1.90 bits per heavy atom. The number of carbonyl (C=O) groups excluding carboxylic acids is 2. The molecule has 0 aromatic heterocycles. The fourth-order valence-electron chi connectivity index (χ4n) is 2.22. The van der Waals surface area contributed by atoms with E-state index < -0.39 is 24.1 Å². The third kappa shape index (κ3) is 5.24. The number of piperidine rings is 1. The zero-order chi connectivity index (χ0) is 16.0. The number of rotatable bonds is 5. The van der Waals surface area contributed by atoms with E-state index in [9.17, 15) is 14.4 Å². The van der Waals surface area contributed by atoms with Crippen molar-refractivity contribution in [3.63, 3.8) is 0 Å². The van der Waals surface area contributed by atoms with Crippen LogP contribution >= 0.6 is 0 Å². The SMILES string of the molecule is CC(C)CNC(=O)C(C)NC(=O)N1CCCCC1C(=O)O. The van der Waals surface area contributed by atoms with E-state index in [2.05, 4.69) is 10.6 Å². The van der Waals surface area contributed by atoms with Crippen molar-refractivity contribution >= 4 is 17.9 Å². The lowest BCUT2D eigenvalue weighted by Crippen LogP contribution is -2.55. The van der Waals surface area contributed by atoms with E-state index in [1.165, 1.54) is 4.90 Å². The van der Waals surface area contributed by atoms with E-state index in [0.29, 0.717) is 25.4 Å². The maximum atomic E-state index is 12.1. The summed E-state index contributed by atoms with van der Waals surface area (Å²) in [4.78, 5) is 36.4. The lowest BCUT2D eigenvalue weighted by atomic mass is 10.0. The zero-order valence-corrected chi connectivity index (χ0v) is 12.9. The summed E-state index contributed by atoms with van der Waals surface area (Å²) in [6.07, 6.45) is 2.03. The first-order valence-corrected chi connectivity index (χ1v) is 7.40. The maximum absolute atomic E-state index is 12.1. The van der Waals surface area contributed by atoms with E-state index in [-0.39, 0.29) is 5.91 Å². The van der Waals surface area contributed by atoms with Gasteiger partial charge in [0.05, 0.1) is 0 Å². The Balaban J connectivity index is 2.54. The third-order valence-electron chi connectivity index (χ3n) is 3.47. The monoisotopic (exact) mass is 299 g/mol. The molecule has 0 aromatic rings. The number of aliphatic carboxylic acids is 1. The molecule has 1 heterocycles. The van der Waals surface area contributed by atoms with Gasteiger partial charge in [-0.25, -0.2) is 9.59 Å². The molecule has 0 radical (unpaired) electrons. The highest BCUT2D eigenvalue weighted by atomic mass is 16.4. The van der Waals surface area contributed by atoms with E-state index in [4.69, 9.17) is 5.11 Å². The number of urea groups is 1. The average Bonchev–Trinajstić information content (AvgIpc) is 2.44. The Kier molecular flexibility index (Phi) is 6.45. The van der Waals surface area contributed by atoms with Crippen LogP contribution in [-0.2, 0) is 9.59 Å². The molecule has 120 valence electrons. The second-order valence-electron chi connectivity index (χ2n) is 5.85. The Labute approximate surface area is 125 Å². The summed E-state index contributed by atoms with van der Waals surface area (Å²) in [7, 11) is 0. The average molecular weight is 299 g/mol. The zero-order valence-electron chi connectivity index (χ0n) is 12.9. The van der Waals surface area contributed by atoms with E-state index in [1.54, 1.807) is 6.92 Å². The van der Waals surface area contributed by atoms with Gasteiger partial charge < -0.3 is 20.6 Å². The first-order chi connectivity index (χ1) is 9.82. The molecule has 0 spiro atoms. The summed E-state index contributed by atoms with van der Waals surface area (Å²) in [5, 5.41) is 14.5. The molecule has 1 fully saturated rings. The fourth-order valence-corrected chi connectivity index (χ4v) is 2.22. The van der Waals surface area contributed by atoms with E-state index >= 15 is 0 Å². The quantitative estimate of drug-likeness (QED) is 0.699. The Hall–Kier alpha value is -1.79. The topological polar surface area (TPSA) is 98.7 Å². The minimum Gasteiger partial charge on any atom is -0.480 e. The van der Waals surface area contributed by atoms with Crippen LogP contribution in [0.25, 0.3) is 0 Å². The summed E-state index contributed by atoms with van der Waals surface area (Å²) in [5.74, 6) is -0.932. The van der Waals surface area contributed by atoms with Crippen LogP contribution < -0.4 is 10.6 Å². The molecule has 0 bridgehead atoms. The van der Waals surface area contributed by atoms with Crippen LogP contribution in [0.4, 0.5) is 4.79 Å². The largest absolute Gasteiger partial charge is 0.480 e. The number of nitrogens with one attached hydrogen (secondary N) is 2. The molecule has 21 heavy (non-hydrogen) atoms. The molecule has 0 aromatic carbocycles. The number of amides is 3. The summed E-state index contributed by atoms with van der Waals surface area (Å²) in [6.45, 7) is 6.50. The highest BCUT2D eigenvalue weighted by Gasteiger charge is 2.32. The van der Waals surface area contributed by atoms with Gasteiger partial charge in [0, 0.05) is 13.1 Å². The molecule has 1 rings (SSSR count). The van der Waals surface area contributed by atoms with E-state index in [1.807, 2.05) is 13.8 Å². The molecule has 0 saturated carbocycles. The standard InChI is InChI=1S/C14H25N3O4/c1-9(2)8-15-12(18)10(3)16-14(21)17-7-5-4-6-11(17)13(19)20/h9-11H,4-8H2,1-3H3,(H,15,18)(H,16,21)(H,19,20). The first-order valence-electron chi connectivity index (χ1n) is 7.40. The van der Waals surface area contributed by atoms with Crippen LogP contribution in [0.1, 0.15) is 40.0 Å². The van der Waals surface area contributed by atoms with Gasteiger partial charge in [-0.3, -0.25) is 4.79 Å². The second kappa shape index (κ2) is 7.85. The molecule has 3 N–H and O–H groups in total. The highest BCUT2D eigenvalue weighted by molar-refractivity contribution is 5.88. The van der Waals surface area contributed by atoms with Crippen LogP contribution in [0.5, 0.6) is 0 Å². The van der Waals surface area contributed by atoms with Gasteiger partial charge in [-0.05, 0) is 32.1 Å². The molecule has 1 aliphatic heterocycles. The van der Waals surface area contributed by atoms with Gasteiger partial charge in [0.1, 0.15) is 12.1 Å². The number of likely N-dealkylation sites (tertiary alicyclic amines) is 1. The number of hydrogen-bond donors (Lipinski definition) is 3. The summed E-state index contributed by atoms with van der Waals surface area (Å²) < 4.78 is 0. The highest BCUT2D eigenvalue weighted by Crippen LogP contribution is 2.17. The number of carbonyl (C=O) groups is 3. The second-order valence-corrected chi connectivity index (χ2v) is 5.85. The van der Waals surface area contributed by atoms with Crippen molar-refractivity contribution < 1.29 is 19.5 Å². The predicted octanol–water partition coefficient (Wildman–Crippen LogP) is 0.796. The molecule has 7 heteroatoms. The van der Waals surface area contributed by atoms with Crippen molar-refractivity contribution in [2.75, 3.05) is 13.1 Å². The van der Waals surface area contributed by atoms with Gasteiger partial charge in [0.25, 0.3) is 0 Å². The molecule has 7 nitrogen and oxygen atoms in total. The van der Waals surface area contributed by atoms with Gasteiger partial charge in [-0.1, -0.05) is 13.8 Å². The summed E-state index contributed by atoms with van der Waals surface area (Å²) >= 11 is 0. The van der Waals surface area contributed by atoms with Gasteiger partial charge >= 0.3 is 12.0 Å². The molecule has 1 saturated heterocycles. The maximum Gasteiger partial charge on any atom is 0.326 e. The van der Waals surface area contributed by atoms with Crippen molar-refractivity contribution in [1.29, 1.82) is 0 Å². The van der Waals surface area contributed by atoms with Crippen molar-refractivity contribution in [3.8, 4) is 0 Å². The fraction of sp³-hybridized carbons (Fsp3) is 0.786. The molecular formula is C14H25N3O4. The molecule has 2 atom stereocenters. The van der Waals surface area contributed by atoms with Crippen LogP contribution in [0.15, 0.2) is 0 Å². The van der Waals surface area contributed by atoms with Crippen LogP contribution in [0.2, 0.25) is 0 Å². The minimum absolute atomic E-state index is 0.263. The predicted molar refractivity (Wildman–Crippen MR) is 77.8 cm³/mol. The molecule has 0 aliphatic carbocycles. The third-order valence-corrected chi connectivity index (χ3v) is 3.47. The van der Waals surface area contributed by atoms with Crippen molar-refractivity contribution in [1.82, 2.24) is 15.5 Å². The molecule has 1 aliphatic rings. The first kappa shape index (κ1) is 17.3. The lowest BCUT2D eigenvalue weighted by molar-refractivity contribution is -0.143. The number of carboxylic acid groups (broad SMARTS) is 1. The Bertz CT molecular complexity index is 398. The number of carboxylic acids is 1. The normalized spacial score (nSPS) is 20.0. The van der Waals surface area contributed by atoms with E-state index in [0.717, 1.165) is 12.8 Å². The lowest BCUT2D eigenvalue weighted by Gasteiger charge is -2.33.